The lowest BCUT2D eigenvalue weighted by molar-refractivity contribution is -0.0403. The summed E-state index contributed by atoms with van der Waals surface area (Å²) >= 11 is 0. The molecule has 3 heteroatoms. The van der Waals surface area contributed by atoms with E-state index in [1.807, 2.05) is 18.2 Å². The number of nitrogens with zero attached hydrogens (tertiary/aromatic N) is 1. The van der Waals surface area contributed by atoms with Gasteiger partial charge in [-0.05, 0) is 12.0 Å². The maximum absolute atomic E-state index is 9.53. The second kappa shape index (κ2) is 4.75. The van der Waals surface area contributed by atoms with E-state index in [-0.39, 0.29) is 0 Å². The molecule has 2 N–H and O–H groups in total. The van der Waals surface area contributed by atoms with Crippen LogP contribution in [0.1, 0.15) is 12.0 Å². The predicted octanol–water partition coefficient (Wildman–Crippen LogP) is 0.614. The van der Waals surface area contributed by atoms with Gasteiger partial charge in [0, 0.05) is 19.6 Å². The van der Waals surface area contributed by atoms with Crippen LogP contribution in [0.15, 0.2) is 30.3 Å². The highest BCUT2D eigenvalue weighted by Crippen LogP contribution is 2.13. The van der Waals surface area contributed by atoms with Gasteiger partial charge in [-0.2, -0.15) is 0 Å². The fraction of sp³-hybridized carbons (Fsp3) is 0.500. The van der Waals surface area contributed by atoms with Crippen molar-refractivity contribution < 1.29 is 10.2 Å². The first-order chi connectivity index (χ1) is 7.25. The third-order valence-corrected chi connectivity index (χ3v) is 2.88. The summed E-state index contributed by atoms with van der Waals surface area (Å²) in [5, 5.41) is 18.9. The molecule has 2 atom stereocenters. The Morgan fingerprint density at radius 1 is 1.13 bits per heavy atom. The number of β-amino-alcohol motifs (C(OH)–C–C–N with tert-alkyl or cyclic N) is 1. The molecule has 1 fully saturated rings. The van der Waals surface area contributed by atoms with Gasteiger partial charge in [0.2, 0.25) is 0 Å². The number of aliphatic hydroxyl groups is 2. The Morgan fingerprint density at radius 2 is 1.87 bits per heavy atom. The van der Waals surface area contributed by atoms with Crippen molar-refractivity contribution in [3.63, 3.8) is 0 Å². The van der Waals surface area contributed by atoms with Crippen LogP contribution in [-0.4, -0.2) is 40.4 Å². The van der Waals surface area contributed by atoms with Crippen molar-refractivity contribution in [2.24, 2.45) is 0 Å². The third kappa shape index (κ3) is 2.78. The van der Waals surface area contributed by atoms with Crippen LogP contribution in [0.3, 0.4) is 0 Å². The van der Waals surface area contributed by atoms with Gasteiger partial charge in [-0.15, -0.1) is 0 Å². The van der Waals surface area contributed by atoms with E-state index in [1.165, 1.54) is 5.56 Å². The molecular weight excluding hydrogens is 190 g/mol. The van der Waals surface area contributed by atoms with Gasteiger partial charge in [0.25, 0.3) is 0 Å². The van der Waals surface area contributed by atoms with Gasteiger partial charge < -0.3 is 10.2 Å². The Balaban J connectivity index is 1.91. The summed E-state index contributed by atoms with van der Waals surface area (Å²) in [4.78, 5) is 2.17. The van der Waals surface area contributed by atoms with Gasteiger partial charge in [-0.25, -0.2) is 0 Å². The summed E-state index contributed by atoms with van der Waals surface area (Å²) in [7, 11) is 0. The third-order valence-electron chi connectivity index (χ3n) is 2.88. The van der Waals surface area contributed by atoms with E-state index in [4.69, 9.17) is 0 Å². The maximum Gasteiger partial charge on any atom is 0.0926 e. The van der Waals surface area contributed by atoms with Crippen LogP contribution in [0, 0.1) is 0 Å². The molecule has 1 aliphatic rings. The van der Waals surface area contributed by atoms with E-state index >= 15 is 0 Å². The molecule has 0 spiro atoms. The number of hydrogen-bond acceptors (Lipinski definition) is 3. The topological polar surface area (TPSA) is 43.7 Å². The Kier molecular flexibility index (Phi) is 3.36. The molecule has 0 bridgehead atoms. The SMILES string of the molecule is O[C@@H]1CCN(Cc2ccccc2)C[C@@H]1O. The van der Waals surface area contributed by atoms with Crippen molar-refractivity contribution in [1.82, 2.24) is 4.90 Å². The van der Waals surface area contributed by atoms with Crippen molar-refractivity contribution in [3.05, 3.63) is 35.9 Å². The zero-order valence-corrected chi connectivity index (χ0v) is 8.71. The highest BCUT2D eigenvalue weighted by atomic mass is 16.3. The van der Waals surface area contributed by atoms with Crippen molar-refractivity contribution in [1.29, 1.82) is 0 Å². The lowest BCUT2D eigenvalue weighted by atomic mass is 10.0. The van der Waals surface area contributed by atoms with Crippen molar-refractivity contribution in [3.8, 4) is 0 Å². The smallest absolute Gasteiger partial charge is 0.0926 e. The molecule has 15 heavy (non-hydrogen) atoms. The summed E-state index contributed by atoms with van der Waals surface area (Å²) in [6, 6.07) is 10.2. The fourth-order valence-electron chi connectivity index (χ4n) is 1.97. The van der Waals surface area contributed by atoms with Gasteiger partial charge in [-0.3, -0.25) is 4.90 Å². The summed E-state index contributed by atoms with van der Waals surface area (Å²) in [5.74, 6) is 0. The highest BCUT2D eigenvalue weighted by molar-refractivity contribution is 5.14. The van der Waals surface area contributed by atoms with Crippen molar-refractivity contribution in [2.75, 3.05) is 13.1 Å². The van der Waals surface area contributed by atoms with Gasteiger partial charge in [0.05, 0.1) is 12.2 Å². The minimum Gasteiger partial charge on any atom is -0.390 e. The average Bonchev–Trinajstić information content (AvgIpc) is 2.25. The Hall–Kier alpha value is -0.900. The first-order valence-electron chi connectivity index (χ1n) is 5.38. The molecule has 1 aliphatic heterocycles. The van der Waals surface area contributed by atoms with Gasteiger partial charge in [-0.1, -0.05) is 30.3 Å². The quantitative estimate of drug-likeness (QED) is 0.747. The molecule has 0 aromatic heterocycles. The van der Waals surface area contributed by atoms with Crippen LogP contribution < -0.4 is 0 Å². The van der Waals surface area contributed by atoms with E-state index in [9.17, 15) is 10.2 Å². The Bertz CT molecular complexity index is 302. The monoisotopic (exact) mass is 207 g/mol. The van der Waals surface area contributed by atoms with Crippen LogP contribution in [0.2, 0.25) is 0 Å². The second-order valence-corrected chi connectivity index (χ2v) is 4.14. The first-order valence-corrected chi connectivity index (χ1v) is 5.38. The lowest BCUT2D eigenvalue weighted by Crippen LogP contribution is -2.46. The number of benzene rings is 1. The molecule has 0 amide bonds. The van der Waals surface area contributed by atoms with Gasteiger partial charge >= 0.3 is 0 Å². The van der Waals surface area contributed by atoms with Gasteiger partial charge in [0.15, 0.2) is 0 Å². The molecule has 1 saturated heterocycles. The zero-order valence-electron chi connectivity index (χ0n) is 8.71. The fourth-order valence-corrected chi connectivity index (χ4v) is 1.97. The van der Waals surface area contributed by atoms with E-state index < -0.39 is 12.2 Å². The zero-order chi connectivity index (χ0) is 10.7. The van der Waals surface area contributed by atoms with E-state index in [1.54, 1.807) is 0 Å². The summed E-state index contributed by atoms with van der Waals surface area (Å²) < 4.78 is 0. The van der Waals surface area contributed by atoms with Crippen LogP contribution >= 0.6 is 0 Å². The van der Waals surface area contributed by atoms with Crippen LogP contribution in [0.5, 0.6) is 0 Å². The number of rotatable bonds is 2. The largest absolute Gasteiger partial charge is 0.390 e. The number of likely N-dealkylation sites (tertiary alicyclic amines) is 1. The first kappa shape index (κ1) is 10.6. The molecule has 1 aromatic rings. The van der Waals surface area contributed by atoms with Crippen molar-refractivity contribution >= 4 is 0 Å². The molecule has 0 unspecified atom stereocenters. The van der Waals surface area contributed by atoms with Crippen LogP contribution in [0.25, 0.3) is 0 Å². The number of aliphatic hydroxyl groups excluding tert-OH is 2. The summed E-state index contributed by atoms with van der Waals surface area (Å²) in [6.45, 7) is 2.27. The minimum absolute atomic E-state index is 0.544. The lowest BCUT2D eigenvalue weighted by Gasteiger charge is -2.33. The van der Waals surface area contributed by atoms with Crippen LogP contribution in [-0.2, 0) is 6.54 Å². The van der Waals surface area contributed by atoms with E-state index in [0.717, 1.165) is 13.1 Å². The summed E-state index contributed by atoms with van der Waals surface area (Å²) in [6.07, 6.45) is -0.479. The van der Waals surface area contributed by atoms with E-state index in [0.29, 0.717) is 13.0 Å². The molecule has 1 aromatic carbocycles. The molecule has 2 rings (SSSR count). The standard InChI is InChI=1S/C12H17NO2/c14-11-6-7-13(9-12(11)15)8-10-4-2-1-3-5-10/h1-5,11-12,14-15H,6-9H2/t11-,12+/m1/s1. The van der Waals surface area contributed by atoms with Crippen molar-refractivity contribution in [2.45, 2.75) is 25.2 Å². The number of hydrogen-bond donors (Lipinski definition) is 2. The minimum atomic E-state index is -0.595. The molecular formula is C12H17NO2. The molecule has 0 saturated carbocycles. The molecule has 1 heterocycles. The summed E-state index contributed by atoms with van der Waals surface area (Å²) in [5.41, 5.74) is 1.25. The molecule has 3 nitrogen and oxygen atoms in total. The predicted molar refractivity (Wildman–Crippen MR) is 58.3 cm³/mol. The molecule has 82 valence electrons. The average molecular weight is 207 g/mol. The Labute approximate surface area is 90.0 Å². The Morgan fingerprint density at radius 3 is 2.53 bits per heavy atom. The van der Waals surface area contributed by atoms with Crippen LogP contribution in [0.4, 0.5) is 0 Å². The molecule has 0 aliphatic carbocycles. The number of piperidine rings is 1. The maximum atomic E-state index is 9.53. The normalized spacial score (nSPS) is 27.9. The molecule has 0 radical (unpaired) electrons. The van der Waals surface area contributed by atoms with E-state index in [2.05, 4.69) is 17.0 Å². The highest BCUT2D eigenvalue weighted by Gasteiger charge is 2.25. The van der Waals surface area contributed by atoms with Gasteiger partial charge in [0.1, 0.15) is 0 Å². The second-order valence-electron chi connectivity index (χ2n) is 4.14.